The van der Waals surface area contributed by atoms with Gasteiger partial charge in [0.05, 0.1) is 33.9 Å². The number of H-pyrrole nitrogens is 2. The van der Waals surface area contributed by atoms with Crippen molar-refractivity contribution in [1.82, 2.24) is 29.7 Å². The lowest BCUT2D eigenvalue weighted by molar-refractivity contribution is -0.139. The molecule has 0 aliphatic rings. The van der Waals surface area contributed by atoms with Gasteiger partial charge in [-0.05, 0) is 31.9 Å². The van der Waals surface area contributed by atoms with Crippen LogP contribution < -0.4 is 22.1 Å². The summed E-state index contributed by atoms with van der Waals surface area (Å²) >= 11 is 0. The van der Waals surface area contributed by atoms with Crippen LogP contribution in [-0.4, -0.2) is 35.8 Å². The van der Waals surface area contributed by atoms with Crippen LogP contribution in [0.25, 0.3) is 22.3 Å². The molecule has 0 fully saturated rings. The fourth-order valence-corrected chi connectivity index (χ4v) is 3.94. The highest BCUT2D eigenvalue weighted by atomic mass is 19.4. The second-order valence-electron chi connectivity index (χ2n) is 8.73. The number of hydrogen-bond donors (Lipinski definition) is 3. The summed E-state index contributed by atoms with van der Waals surface area (Å²) in [5, 5.41) is 7.39. The molecule has 1 aromatic carbocycles. The minimum atomic E-state index is -4.93. The van der Waals surface area contributed by atoms with Crippen molar-refractivity contribution < 1.29 is 30.7 Å². The van der Waals surface area contributed by atoms with Gasteiger partial charge in [-0.3, -0.25) is 14.2 Å². The van der Waals surface area contributed by atoms with Gasteiger partial charge in [0.1, 0.15) is 11.4 Å². The summed E-state index contributed by atoms with van der Waals surface area (Å²) in [5.74, 6) is -1.42. The number of aromatic amines is 2. The first kappa shape index (κ1) is 28.4. The Bertz CT molecular complexity index is 1730. The maximum Gasteiger partial charge on any atom is 0.423 e. The first-order valence-electron chi connectivity index (χ1n) is 11.4. The molecule has 17 heteroatoms. The fraction of sp³-hybridized carbons (Fsp3) is 0.304. The molecule has 0 aliphatic carbocycles. The van der Waals surface area contributed by atoms with Crippen LogP contribution in [0.15, 0.2) is 45.1 Å². The highest BCUT2D eigenvalue weighted by Gasteiger charge is 2.37. The molecule has 4 aromatic rings. The van der Waals surface area contributed by atoms with E-state index in [2.05, 4.69) is 25.4 Å². The molecule has 0 saturated carbocycles. The van der Waals surface area contributed by atoms with Crippen LogP contribution in [0.4, 0.5) is 36.4 Å². The van der Waals surface area contributed by atoms with E-state index >= 15 is 0 Å². The Balaban J connectivity index is 1.52. The smallest absolute Gasteiger partial charge is 0.381 e. The highest BCUT2D eigenvalue weighted by molar-refractivity contribution is 5.82. The molecule has 10 nitrogen and oxygen atoms in total. The lowest BCUT2D eigenvalue weighted by atomic mass is 10.1. The molecule has 3 aromatic heterocycles. The van der Waals surface area contributed by atoms with Crippen molar-refractivity contribution in [1.29, 1.82) is 0 Å². The fourth-order valence-electron chi connectivity index (χ4n) is 3.94. The minimum Gasteiger partial charge on any atom is -0.381 e. The van der Waals surface area contributed by atoms with Crippen LogP contribution in [0.1, 0.15) is 30.9 Å². The average Bonchev–Trinajstić information content (AvgIpc) is 2.85. The molecule has 0 aliphatic heterocycles. The SMILES string of the molecule is CC(CCCn1c(=O)[nH]c2cc(-c3ncc(C(F)(F)F)cn3)c(F)cc2c1=O)Nc1cn[nH]c(=O)c1C(F)(F)F. The molecular weight excluding hydrogens is 555 g/mol. The largest absolute Gasteiger partial charge is 0.423 e. The Morgan fingerprint density at radius 1 is 1.00 bits per heavy atom. The molecule has 3 N–H and O–H groups in total. The van der Waals surface area contributed by atoms with E-state index in [4.69, 9.17) is 0 Å². The number of aromatic nitrogens is 6. The summed E-state index contributed by atoms with van der Waals surface area (Å²) < 4.78 is 93.5. The Kier molecular flexibility index (Phi) is 7.49. The lowest BCUT2D eigenvalue weighted by Gasteiger charge is -2.18. The average molecular weight is 573 g/mol. The van der Waals surface area contributed by atoms with Crippen molar-refractivity contribution >= 4 is 16.6 Å². The van der Waals surface area contributed by atoms with E-state index in [9.17, 15) is 45.1 Å². The van der Waals surface area contributed by atoms with Gasteiger partial charge in [-0.2, -0.15) is 31.4 Å². The molecule has 212 valence electrons. The van der Waals surface area contributed by atoms with Gasteiger partial charge in [-0.25, -0.2) is 24.3 Å². The number of halogens is 7. The van der Waals surface area contributed by atoms with Crippen LogP contribution in [0, 0.1) is 5.82 Å². The van der Waals surface area contributed by atoms with E-state index in [1.165, 1.54) is 6.92 Å². The van der Waals surface area contributed by atoms with Gasteiger partial charge in [0, 0.05) is 25.0 Å². The van der Waals surface area contributed by atoms with E-state index in [0.29, 0.717) is 12.4 Å². The number of nitrogens with one attached hydrogen (secondary N) is 3. The Labute approximate surface area is 217 Å². The highest BCUT2D eigenvalue weighted by Crippen LogP contribution is 2.32. The van der Waals surface area contributed by atoms with Gasteiger partial charge in [0.15, 0.2) is 5.82 Å². The van der Waals surface area contributed by atoms with Crippen LogP contribution in [0.5, 0.6) is 0 Å². The van der Waals surface area contributed by atoms with Gasteiger partial charge < -0.3 is 10.3 Å². The maximum absolute atomic E-state index is 14.8. The molecule has 3 heterocycles. The zero-order valence-electron chi connectivity index (χ0n) is 20.2. The molecule has 0 saturated heterocycles. The van der Waals surface area contributed by atoms with Crippen LogP contribution in [0.2, 0.25) is 0 Å². The van der Waals surface area contributed by atoms with Crippen molar-refractivity contribution in [3.8, 4) is 11.4 Å². The van der Waals surface area contributed by atoms with E-state index < -0.39 is 63.7 Å². The van der Waals surface area contributed by atoms with Gasteiger partial charge in [-0.15, -0.1) is 0 Å². The summed E-state index contributed by atoms with van der Waals surface area (Å²) in [6.45, 7) is 1.34. The molecule has 40 heavy (non-hydrogen) atoms. The number of nitrogens with zero attached hydrogens (tertiary/aromatic N) is 4. The molecular formula is C23H18F7N7O3. The Morgan fingerprint density at radius 3 is 2.30 bits per heavy atom. The number of anilines is 1. The molecule has 1 unspecified atom stereocenters. The van der Waals surface area contributed by atoms with E-state index in [-0.39, 0.29) is 35.9 Å². The third-order valence-corrected chi connectivity index (χ3v) is 5.85. The van der Waals surface area contributed by atoms with Crippen LogP contribution in [0.3, 0.4) is 0 Å². The lowest BCUT2D eigenvalue weighted by Crippen LogP contribution is -2.35. The minimum absolute atomic E-state index is 0.109. The van der Waals surface area contributed by atoms with Gasteiger partial charge in [-0.1, -0.05) is 0 Å². The summed E-state index contributed by atoms with van der Waals surface area (Å²) in [6.07, 6.45) is -7.59. The Hall–Kier alpha value is -4.57. The van der Waals surface area contributed by atoms with Crippen molar-refractivity contribution in [3.63, 3.8) is 0 Å². The molecule has 0 spiro atoms. The monoisotopic (exact) mass is 573 g/mol. The topological polar surface area (TPSA) is 138 Å². The van der Waals surface area contributed by atoms with Crippen LogP contribution in [-0.2, 0) is 18.9 Å². The first-order chi connectivity index (χ1) is 18.7. The van der Waals surface area contributed by atoms with Crippen molar-refractivity contribution in [2.24, 2.45) is 0 Å². The van der Waals surface area contributed by atoms with Crippen molar-refractivity contribution in [3.05, 3.63) is 78.9 Å². The number of fused-ring (bicyclic) bond motifs is 1. The third-order valence-electron chi connectivity index (χ3n) is 5.85. The van der Waals surface area contributed by atoms with E-state index in [0.717, 1.165) is 22.9 Å². The molecule has 1 atom stereocenters. The van der Waals surface area contributed by atoms with Gasteiger partial charge >= 0.3 is 18.0 Å². The zero-order valence-corrected chi connectivity index (χ0v) is 20.2. The standard InChI is InChI=1S/C23H18F7N7O3/c1-10(34-16-9-33-36-19(38)17(16)23(28,29)30)3-2-4-37-20(39)13-5-14(24)12(6-15(13)35-21(37)40)18-31-7-11(8-32-18)22(25,26)27/h5-10H,2-4H2,1H3,(H,35,40)(H2,34,36,38). The summed E-state index contributed by atoms with van der Waals surface area (Å²) in [4.78, 5) is 46.5. The zero-order chi connectivity index (χ0) is 29.4. The van der Waals surface area contributed by atoms with Crippen molar-refractivity contribution in [2.45, 2.75) is 44.7 Å². The molecule has 0 amide bonds. The number of hydrogen-bond acceptors (Lipinski definition) is 7. The van der Waals surface area contributed by atoms with Crippen LogP contribution >= 0.6 is 0 Å². The van der Waals surface area contributed by atoms with Crippen molar-refractivity contribution in [2.75, 3.05) is 5.32 Å². The summed E-state index contributed by atoms with van der Waals surface area (Å²) in [6, 6.07) is 1.19. The number of benzene rings is 1. The quantitative estimate of drug-likeness (QED) is 0.287. The third kappa shape index (κ3) is 5.86. The van der Waals surface area contributed by atoms with Gasteiger partial charge in [0.2, 0.25) is 0 Å². The first-order valence-corrected chi connectivity index (χ1v) is 11.4. The Morgan fingerprint density at radius 2 is 1.68 bits per heavy atom. The second-order valence-corrected chi connectivity index (χ2v) is 8.73. The summed E-state index contributed by atoms with van der Waals surface area (Å²) in [7, 11) is 0. The predicted molar refractivity (Wildman–Crippen MR) is 127 cm³/mol. The van der Waals surface area contributed by atoms with E-state index in [1.54, 1.807) is 5.10 Å². The van der Waals surface area contributed by atoms with Gasteiger partial charge in [0.25, 0.3) is 11.1 Å². The maximum atomic E-state index is 14.8. The number of alkyl halides is 6. The molecule has 0 bridgehead atoms. The predicted octanol–water partition coefficient (Wildman–Crippen LogP) is 3.69. The summed E-state index contributed by atoms with van der Waals surface area (Å²) in [5.41, 5.74) is -6.73. The van der Waals surface area contributed by atoms with E-state index in [1.807, 2.05) is 0 Å². The molecule has 0 radical (unpaired) electrons. The molecule has 4 rings (SSSR count). The second kappa shape index (κ2) is 10.5. The normalized spacial score (nSPS) is 13.0. The number of rotatable bonds is 7.